The number of carboxylic acid groups (broad SMARTS) is 1. The number of hydrogen-bond acceptors (Lipinski definition) is 1. The van der Waals surface area contributed by atoms with E-state index < -0.39 is 6.09 Å². The Hall–Kier alpha value is -1.17. The summed E-state index contributed by atoms with van der Waals surface area (Å²) >= 11 is 0. The third-order valence-corrected chi connectivity index (χ3v) is 2.29. The van der Waals surface area contributed by atoms with E-state index in [0.29, 0.717) is 5.92 Å². The number of amides is 1. The predicted molar refractivity (Wildman–Crippen MR) is 45.7 cm³/mol. The zero-order chi connectivity index (χ0) is 8.97. The van der Waals surface area contributed by atoms with Gasteiger partial charge in [-0.25, -0.2) is 4.79 Å². The Morgan fingerprint density at radius 2 is 2.00 bits per heavy atom. The average Bonchev–Trinajstić information content (AvgIpc) is 2.05. The molecular formula is C9H13NO2. The molecule has 1 fully saturated rings. The minimum atomic E-state index is -0.931. The molecule has 0 aromatic rings. The summed E-state index contributed by atoms with van der Waals surface area (Å²) in [7, 11) is 0. The minimum absolute atomic E-state index is 0.118. The Morgan fingerprint density at radius 1 is 1.42 bits per heavy atom. The molecule has 0 aliphatic heterocycles. The molecule has 1 saturated carbocycles. The maximum atomic E-state index is 10.3. The molecule has 2 N–H and O–H groups in total. The van der Waals surface area contributed by atoms with Crippen LogP contribution in [0.2, 0.25) is 0 Å². The van der Waals surface area contributed by atoms with Gasteiger partial charge < -0.3 is 10.4 Å². The quantitative estimate of drug-likeness (QED) is 0.581. The third kappa shape index (κ3) is 2.46. The van der Waals surface area contributed by atoms with Gasteiger partial charge in [0.1, 0.15) is 0 Å². The zero-order valence-corrected chi connectivity index (χ0v) is 6.92. The fraction of sp³-hybridized carbons (Fsp3) is 0.667. The molecule has 3 nitrogen and oxygen atoms in total. The van der Waals surface area contributed by atoms with Crippen LogP contribution in [-0.2, 0) is 0 Å². The van der Waals surface area contributed by atoms with Crippen LogP contribution >= 0.6 is 0 Å². The molecular weight excluding hydrogens is 154 g/mol. The Morgan fingerprint density at radius 3 is 2.42 bits per heavy atom. The number of nitrogens with one attached hydrogen (secondary N) is 1. The lowest BCUT2D eigenvalue weighted by Crippen LogP contribution is -2.36. The molecule has 0 atom stereocenters. The molecule has 1 aliphatic rings. The summed E-state index contributed by atoms with van der Waals surface area (Å²) in [4.78, 5) is 10.3. The predicted octanol–water partition coefficient (Wildman–Crippen LogP) is 1.45. The molecule has 3 heteroatoms. The Kier molecular flexibility index (Phi) is 2.98. The molecule has 0 bridgehead atoms. The smallest absolute Gasteiger partial charge is 0.404 e. The van der Waals surface area contributed by atoms with E-state index in [0.717, 1.165) is 25.7 Å². The third-order valence-electron chi connectivity index (χ3n) is 2.29. The molecule has 0 aromatic carbocycles. The summed E-state index contributed by atoms with van der Waals surface area (Å²) in [6.45, 7) is 0. The van der Waals surface area contributed by atoms with Gasteiger partial charge in [-0.15, -0.1) is 12.3 Å². The fourth-order valence-electron chi connectivity index (χ4n) is 1.58. The van der Waals surface area contributed by atoms with Crippen LogP contribution in [-0.4, -0.2) is 17.2 Å². The maximum absolute atomic E-state index is 10.3. The topological polar surface area (TPSA) is 49.3 Å². The Labute approximate surface area is 72.2 Å². The minimum Gasteiger partial charge on any atom is -0.465 e. The molecule has 66 valence electrons. The highest BCUT2D eigenvalue weighted by Crippen LogP contribution is 2.23. The zero-order valence-electron chi connectivity index (χ0n) is 6.92. The fourth-order valence-corrected chi connectivity index (χ4v) is 1.58. The monoisotopic (exact) mass is 167 g/mol. The summed E-state index contributed by atoms with van der Waals surface area (Å²) in [5, 5.41) is 10.9. The SMILES string of the molecule is C#C[C@H]1CC[C@H](NC(=O)O)CC1. The second kappa shape index (κ2) is 4.01. The van der Waals surface area contributed by atoms with E-state index in [2.05, 4.69) is 11.2 Å². The van der Waals surface area contributed by atoms with Crippen molar-refractivity contribution in [3.8, 4) is 12.3 Å². The normalized spacial score (nSPS) is 28.9. The van der Waals surface area contributed by atoms with Gasteiger partial charge in [0.25, 0.3) is 0 Å². The van der Waals surface area contributed by atoms with Gasteiger partial charge in [-0.3, -0.25) is 0 Å². The first-order valence-electron chi connectivity index (χ1n) is 4.18. The molecule has 1 rings (SSSR count). The van der Waals surface area contributed by atoms with Crippen LogP contribution < -0.4 is 5.32 Å². The highest BCUT2D eigenvalue weighted by atomic mass is 16.4. The number of terminal acetylenes is 1. The van der Waals surface area contributed by atoms with E-state index in [4.69, 9.17) is 11.5 Å². The van der Waals surface area contributed by atoms with Gasteiger partial charge in [-0.2, -0.15) is 0 Å². The van der Waals surface area contributed by atoms with Crippen molar-refractivity contribution in [3.63, 3.8) is 0 Å². The standard InChI is InChI=1S/C9H13NO2/c1-2-7-3-5-8(6-4-7)10-9(11)12/h1,7-8,10H,3-6H2,(H,11,12)/t7-,8-. The van der Waals surface area contributed by atoms with E-state index in [9.17, 15) is 4.79 Å². The summed E-state index contributed by atoms with van der Waals surface area (Å²) < 4.78 is 0. The van der Waals surface area contributed by atoms with Crippen LogP contribution in [0.5, 0.6) is 0 Å². The molecule has 0 saturated heterocycles. The molecule has 1 amide bonds. The van der Waals surface area contributed by atoms with Crippen molar-refractivity contribution in [2.24, 2.45) is 5.92 Å². The van der Waals surface area contributed by atoms with Crippen molar-refractivity contribution < 1.29 is 9.90 Å². The van der Waals surface area contributed by atoms with Crippen molar-refractivity contribution in [3.05, 3.63) is 0 Å². The lowest BCUT2D eigenvalue weighted by Gasteiger charge is -2.25. The lowest BCUT2D eigenvalue weighted by atomic mass is 9.87. The molecule has 1 aliphatic carbocycles. The van der Waals surface area contributed by atoms with Gasteiger partial charge in [0.2, 0.25) is 0 Å². The number of hydrogen-bond donors (Lipinski definition) is 2. The van der Waals surface area contributed by atoms with Crippen LogP contribution in [0, 0.1) is 18.3 Å². The molecule has 12 heavy (non-hydrogen) atoms. The number of rotatable bonds is 1. The number of carbonyl (C=O) groups is 1. The van der Waals surface area contributed by atoms with E-state index in [1.54, 1.807) is 0 Å². The second-order valence-electron chi connectivity index (χ2n) is 3.16. The highest BCUT2D eigenvalue weighted by molar-refractivity contribution is 5.64. The first-order valence-corrected chi connectivity index (χ1v) is 4.18. The van der Waals surface area contributed by atoms with E-state index in [1.807, 2.05) is 0 Å². The molecule has 0 radical (unpaired) electrons. The Bertz CT molecular complexity index is 199. The molecule has 0 heterocycles. The van der Waals surface area contributed by atoms with Gasteiger partial charge in [0.15, 0.2) is 0 Å². The first kappa shape index (κ1) is 8.92. The van der Waals surface area contributed by atoms with Crippen molar-refractivity contribution in [2.75, 3.05) is 0 Å². The average molecular weight is 167 g/mol. The van der Waals surface area contributed by atoms with Crippen LogP contribution in [0.1, 0.15) is 25.7 Å². The molecule has 0 aromatic heterocycles. The first-order chi connectivity index (χ1) is 5.72. The van der Waals surface area contributed by atoms with Gasteiger partial charge in [-0.05, 0) is 25.7 Å². The lowest BCUT2D eigenvalue weighted by molar-refractivity contribution is 0.184. The van der Waals surface area contributed by atoms with Crippen molar-refractivity contribution in [1.29, 1.82) is 0 Å². The molecule has 0 unspecified atom stereocenters. The van der Waals surface area contributed by atoms with Crippen LogP contribution in [0.15, 0.2) is 0 Å². The summed E-state index contributed by atoms with van der Waals surface area (Å²) in [6.07, 6.45) is 7.98. The van der Waals surface area contributed by atoms with Gasteiger partial charge in [-0.1, -0.05) is 0 Å². The largest absolute Gasteiger partial charge is 0.465 e. The Balaban J connectivity index is 2.27. The highest BCUT2D eigenvalue weighted by Gasteiger charge is 2.20. The van der Waals surface area contributed by atoms with Gasteiger partial charge >= 0.3 is 6.09 Å². The van der Waals surface area contributed by atoms with E-state index in [1.165, 1.54) is 0 Å². The van der Waals surface area contributed by atoms with Crippen molar-refractivity contribution in [1.82, 2.24) is 5.32 Å². The maximum Gasteiger partial charge on any atom is 0.404 e. The summed E-state index contributed by atoms with van der Waals surface area (Å²) in [6, 6.07) is 0.118. The summed E-state index contributed by atoms with van der Waals surface area (Å²) in [5.74, 6) is 3.06. The van der Waals surface area contributed by atoms with E-state index >= 15 is 0 Å². The van der Waals surface area contributed by atoms with Crippen LogP contribution in [0.3, 0.4) is 0 Å². The van der Waals surface area contributed by atoms with Gasteiger partial charge in [0.05, 0.1) is 0 Å². The molecule has 0 spiro atoms. The van der Waals surface area contributed by atoms with Crippen molar-refractivity contribution in [2.45, 2.75) is 31.7 Å². The van der Waals surface area contributed by atoms with Gasteiger partial charge in [0, 0.05) is 12.0 Å². The van der Waals surface area contributed by atoms with Crippen LogP contribution in [0.25, 0.3) is 0 Å². The van der Waals surface area contributed by atoms with Crippen molar-refractivity contribution >= 4 is 6.09 Å². The second-order valence-corrected chi connectivity index (χ2v) is 3.16. The summed E-state index contributed by atoms with van der Waals surface area (Å²) in [5.41, 5.74) is 0. The van der Waals surface area contributed by atoms with Crippen LogP contribution in [0.4, 0.5) is 4.79 Å². The van der Waals surface area contributed by atoms with E-state index in [-0.39, 0.29) is 6.04 Å².